The lowest BCUT2D eigenvalue weighted by molar-refractivity contribution is 0.860. The Kier molecular flexibility index (Phi) is 3.58. The first-order valence-electron chi connectivity index (χ1n) is 5.24. The summed E-state index contributed by atoms with van der Waals surface area (Å²) in [5.74, 6) is 0.609. The van der Waals surface area contributed by atoms with Crippen molar-refractivity contribution in [1.82, 2.24) is 9.97 Å². The lowest BCUT2D eigenvalue weighted by atomic mass is 10.1. The summed E-state index contributed by atoms with van der Waals surface area (Å²) < 4.78 is 0.864. The highest BCUT2D eigenvalue weighted by atomic mass is 79.9. The van der Waals surface area contributed by atoms with E-state index in [1.807, 2.05) is 24.3 Å². The normalized spacial score (nSPS) is 12.1. The minimum Gasteiger partial charge on any atom is -0.399 e. The molecule has 0 aliphatic carbocycles. The molecule has 0 radical (unpaired) electrons. The van der Waals surface area contributed by atoms with Crippen molar-refractivity contribution in [3.63, 3.8) is 0 Å². The molecule has 1 aromatic heterocycles. The first-order chi connectivity index (χ1) is 8.15. The van der Waals surface area contributed by atoms with Gasteiger partial charge in [0, 0.05) is 18.1 Å². The zero-order valence-corrected chi connectivity index (χ0v) is 11.0. The van der Waals surface area contributed by atoms with Crippen LogP contribution in [-0.2, 0) is 0 Å². The number of nitrogen functional groups attached to an aromatic ring is 1. The van der Waals surface area contributed by atoms with Crippen molar-refractivity contribution in [3.8, 4) is 0 Å². The van der Waals surface area contributed by atoms with Crippen LogP contribution in [0.4, 0.5) is 11.6 Å². The van der Waals surface area contributed by atoms with E-state index >= 15 is 0 Å². The van der Waals surface area contributed by atoms with Crippen molar-refractivity contribution in [3.05, 3.63) is 46.7 Å². The molecule has 1 atom stereocenters. The smallest absolute Gasteiger partial charge is 0.223 e. The number of halogens is 1. The minimum absolute atomic E-state index is 0.136. The Morgan fingerprint density at radius 3 is 2.35 bits per heavy atom. The number of anilines is 2. The summed E-state index contributed by atoms with van der Waals surface area (Å²) in [6.07, 6.45) is 3.43. The third-order valence-corrected chi connectivity index (χ3v) is 2.81. The molecule has 17 heavy (non-hydrogen) atoms. The number of nitrogens with two attached hydrogens (primary N) is 1. The zero-order chi connectivity index (χ0) is 12.3. The van der Waals surface area contributed by atoms with Gasteiger partial charge in [0.05, 0.1) is 10.5 Å². The number of benzene rings is 1. The summed E-state index contributed by atoms with van der Waals surface area (Å²) in [6.45, 7) is 2.05. The maximum Gasteiger partial charge on any atom is 0.223 e. The van der Waals surface area contributed by atoms with Crippen LogP contribution in [-0.4, -0.2) is 9.97 Å². The minimum atomic E-state index is 0.136. The molecule has 0 aliphatic heterocycles. The molecule has 2 aromatic rings. The van der Waals surface area contributed by atoms with E-state index in [2.05, 4.69) is 38.1 Å². The van der Waals surface area contributed by atoms with Crippen molar-refractivity contribution in [2.75, 3.05) is 11.1 Å². The maximum absolute atomic E-state index is 5.65. The van der Waals surface area contributed by atoms with Crippen molar-refractivity contribution in [2.45, 2.75) is 13.0 Å². The maximum atomic E-state index is 5.65. The summed E-state index contributed by atoms with van der Waals surface area (Å²) in [5, 5.41) is 3.22. The zero-order valence-electron chi connectivity index (χ0n) is 9.39. The van der Waals surface area contributed by atoms with Gasteiger partial charge in [0.1, 0.15) is 0 Å². The predicted molar refractivity (Wildman–Crippen MR) is 72.6 cm³/mol. The molecular weight excluding hydrogens is 280 g/mol. The summed E-state index contributed by atoms with van der Waals surface area (Å²) in [5.41, 5.74) is 7.55. The average Bonchev–Trinajstić information content (AvgIpc) is 2.33. The fourth-order valence-corrected chi connectivity index (χ4v) is 1.65. The molecule has 88 valence electrons. The SMILES string of the molecule is CC(Nc1ncc(Br)cn1)c1ccc(N)cc1. The molecule has 0 aliphatic rings. The van der Waals surface area contributed by atoms with Gasteiger partial charge in [-0.3, -0.25) is 0 Å². The lowest BCUT2D eigenvalue weighted by Crippen LogP contribution is -2.09. The molecule has 1 unspecified atom stereocenters. The lowest BCUT2D eigenvalue weighted by Gasteiger charge is -2.14. The average molecular weight is 293 g/mol. The number of aromatic nitrogens is 2. The number of nitrogens with zero attached hydrogens (tertiary/aromatic N) is 2. The van der Waals surface area contributed by atoms with Gasteiger partial charge >= 0.3 is 0 Å². The monoisotopic (exact) mass is 292 g/mol. The van der Waals surface area contributed by atoms with Crippen LogP contribution in [0.5, 0.6) is 0 Å². The molecule has 0 amide bonds. The molecular formula is C12H13BrN4. The topological polar surface area (TPSA) is 63.8 Å². The van der Waals surface area contributed by atoms with Crippen LogP contribution >= 0.6 is 15.9 Å². The van der Waals surface area contributed by atoms with Gasteiger partial charge in [-0.2, -0.15) is 0 Å². The largest absolute Gasteiger partial charge is 0.399 e. The van der Waals surface area contributed by atoms with E-state index in [4.69, 9.17) is 5.73 Å². The van der Waals surface area contributed by atoms with Gasteiger partial charge < -0.3 is 11.1 Å². The van der Waals surface area contributed by atoms with Crippen LogP contribution < -0.4 is 11.1 Å². The van der Waals surface area contributed by atoms with Crippen molar-refractivity contribution in [1.29, 1.82) is 0 Å². The Hall–Kier alpha value is -1.62. The molecule has 0 bridgehead atoms. The summed E-state index contributed by atoms with van der Waals surface area (Å²) >= 11 is 3.30. The molecule has 4 nitrogen and oxygen atoms in total. The summed E-state index contributed by atoms with van der Waals surface area (Å²) in [7, 11) is 0. The fourth-order valence-electron chi connectivity index (χ4n) is 1.45. The third-order valence-electron chi connectivity index (χ3n) is 2.40. The highest BCUT2D eigenvalue weighted by molar-refractivity contribution is 9.10. The molecule has 3 N–H and O–H groups in total. The van der Waals surface area contributed by atoms with Crippen LogP contribution in [0.25, 0.3) is 0 Å². The van der Waals surface area contributed by atoms with E-state index in [-0.39, 0.29) is 6.04 Å². The fraction of sp³-hybridized carbons (Fsp3) is 0.167. The number of hydrogen-bond donors (Lipinski definition) is 2. The number of nitrogens with one attached hydrogen (secondary N) is 1. The van der Waals surface area contributed by atoms with Gasteiger partial charge in [0.15, 0.2) is 0 Å². The van der Waals surface area contributed by atoms with Gasteiger partial charge in [-0.25, -0.2) is 9.97 Å². The van der Waals surface area contributed by atoms with Crippen molar-refractivity contribution >= 4 is 27.6 Å². The summed E-state index contributed by atoms with van der Waals surface area (Å²) in [4.78, 5) is 8.34. The van der Waals surface area contributed by atoms with Gasteiger partial charge in [-0.1, -0.05) is 12.1 Å². The van der Waals surface area contributed by atoms with Crippen LogP contribution in [0.15, 0.2) is 41.1 Å². The Balaban J connectivity index is 2.08. The molecule has 0 saturated heterocycles. The molecule has 5 heteroatoms. The van der Waals surface area contributed by atoms with Gasteiger partial charge in [0.25, 0.3) is 0 Å². The highest BCUT2D eigenvalue weighted by Crippen LogP contribution is 2.18. The first-order valence-corrected chi connectivity index (χ1v) is 6.04. The summed E-state index contributed by atoms with van der Waals surface area (Å²) in [6, 6.07) is 7.89. The van der Waals surface area contributed by atoms with Crippen LogP contribution in [0.2, 0.25) is 0 Å². The first kappa shape index (κ1) is 11.9. The molecule has 2 rings (SSSR count). The highest BCUT2D eigenvalue weighted by Gasteiger charge is 2.06. The molecule has 0 saturated carbocycles. The predicted octanol–water partition coefficient (Wildman–Crippen LogP) is 2.99. The van der Waals surface area contributed by atoms with Gasteiger partial charge in [-0.15, -0.1) is 0 Å². The number of hydrogen-bond acceptors (Lipinski definition) is 4. The third kappa shape index (κ3) is 3.17. The second-order valence-electron chi connectivity index (χ2n) is 3.76. The molecule has 0 spiro atoms. The second-order valence-corrected chi connectivity index (χ2v) is 4.67. The Morgan fingerprint density at radius 1 is 1.18 bits per heavy atom. The molecule has 0 fully saturated rings. The van der Waals surface area contributed by atoms with Crippen LogP contribution in [0.3, 0.4) is 0 Å². The van der Waals surface area contributed by atoms with E-state index in [0.29, 0.717) is 5.95 Å². The van der Waals surface area contributed by atoms with Gasteiger partial charge in [0.2, 0.25) is 5.95 Å². The van der Waals surface area contributed by atoms with Crippen molar-refractivity contribution < 1.29 is 0 Å². The van der Waals surface area contributed by atoms with E-state index in [9.17, 15) is 0 Å². The Bertz CT molecular complexity index is 481. The standard InChI is InChI=1S/C12H13BrN4/c1-8(9-2-4-11(14)5-3-9)17-12-15-6-10(13)7-16-12/h2-8H,14H2,1H3,(H,15,16,17). The van der Waals surface area contributed by atoms with E-state index in [0.717, 1.165) is 15.7 Å². The van der Waals surface area contributed by atoms with Crippen LogP contribution in [0, 0.1) is 0 Å². The van der Waals surface area contributed by atoms with Crippen LogP contribution in [0.1, 0.15) is 18.5 Å². The van der Waals surface area contributed by atoms with Gasteiger partial charge in [-0.05, 0) is 40.5 Å². The second kappa shape index (κ2) is 5.14. The molecule has 1 heterocycles. The van der Waals surface area contributed by atoms with Crippen molar-refractivity contribution in [2.24, 2.45) is 0 Å². The Morgan fingerprint density at radius 2 is 1.76 bits per heavy atom. The molecule has 1 aromatic carbocycles. The number of rotatable bonds is 3. The quantitative estimate of drug-likeness (QED) is 0.854. The Labute approximate surface area is 108 Å². The van der Waals surface area contributed by atoms with E-state index < -0.39 is 0 Å². The van der Waals surface area contributed by atoms with E-state index in [1.54, 1.807) is 12.4 Å². The van der Waals surface area contributed by atoms with E-state index in [1.165, 1.54) is 0 Å².